The first-order valence-corrected chi connectivity index (χ1v) is 8.13. The first-order chi connectivity index (χ1) is 10.2. The molecule has 3 heteroatoms. The zero-order valence-corrected chi connectivity index (χ0v) is 13.6. The predicted octanol–water partition coefficient (Wildman–Crippen LogP) is 4.07. The number of hydrogen-bond donors (Lipinski definition) is 1. The third kappa shape index (κ3) is 4.50. The van der Waals surface area contributed by atoms with Crippen LogP contribution in [0.3, 0.4) is 0 Å². The highest BCUT2D eigenvalue weighted by molar-refractivity contribution is 5.86. The summed E-state index contributed by atoms with van der Waals surface area (Å²) >= 11 is 0. The highest BCUT2D eigenvalue weighted by Gasteiger charge is 2.05. The number of aromatic nitrogens is 1. The number of nitrogens with one attached hydrogen (secondary N) is 1. The molecule has 0 radical (unpaired) electrons. The van der Waals surface area contributed by atoms with Crippen molar-refractivity contribution in [1.82, 2.24) is 9.88 Å². The molecule has 0 aliphatic rings. The Hall–Kier alpha value is -1.48. The number of ether oxygens (including phenoxy) is 1. The molecule has 0 spiro atoms. The number of nitrogens with zero attached hydrogens (tertiary/aromatic N) is 1. The van der Waals surface area contributed by atoms with E-state index >= 15 is 0 Å². The SMILES string of the molecule is CCOc1cccc2c1ccn2CCCCNCC(C)C. The van der Waals surface area contributed by atoms with E-state index in [0.29, 0.717) is 6.61 Å². The Kier molecular flexibility index (Phi) is 6.12. The molecule has 1 N–H and O–H groups in total. The number of rotatable bonds is 9. The second kappa shape index (κ2) is 8.08. The van der Waals surface area contributed by atoms with Gasteiger partial charge in [-0.2, -0.15) is 0 Å². The lowest BCUT2D eigenvalue weighted by Crippen LogP contribution is -2.20. The van der Waals surface area contributed by atoms with Gasteiger partial charge in [-0.3, -0.25) is 0 Å². The number of benzene rings is 1. The van der Waals surface area contributed by atoms with Gasteiger partial charge in [0.1, 0.15) is 5.75 Å². The first-order valence-electron chi connectivity index (χ1n) is 8.13. The standard InChI is InChI=1S/C18H28N2O/c1-4-21-18-9-7-8-17-16(18)10-13-20(17)12-6-5-11-19-14-15(2)3/h7-10,13,15,19H,4-6,11-12,14H2,1-3H3. The molecule has 0 unspecified atom stereocenters. The summed E-state index contributed by atoms with van der Waals surface area (Å²) in [5.41, 5.74) is 1.27. The molecule has 0 aliphatic heterocycles. The molecule has 1 aromatic carbocycles. The van der Waals surface area contributed by atoms with Gasteiger partial charge in [-0.1, -0.05) is 19.9 Å². The monoisotopic (exact) mass is 288 g/mol. The van der Waals surface area contributed by atoms with Crippen LogP contribution in [0.15, 0.2) is 30.5 Å². The van der Waals surface area contributed by atoms with Crippen molar-refractivity contribution in [3.8, 4) is 5.75 Å². The van der Waals surface area contributed by atoms with E-state index < -0.39 is 0 Å². The summed E-state index contributed by atoms with van der Waals surface area (Å²) in [5.74, 6) is 1.72. The zero-order chi connectivity index (χ0) is 15.1. The number of aryl methyl sites for hydroxylation is 1. The summed E-state index contributed by atoms with van der Waals surface area (Å²) in [6, 6.07) is 8.46. The average molecular weight is 288 g/mol. The van der Waals surface area contributed by atoms with Gasteiger partial charge in [-0.15, -0.1) is 0 Å². The van der Waals surface area contributed by atoms with Crippen LogP contribution in [0.1, 0.15) is 33.6 Å². The zero-order valence-electron chi connectivity index (χ0n) is 13.6. The van der Waals surface area contributed by atoms with Gasteiger partial charge in [0.15, 0.2) is 0 Å². The third-order valence-corrected chi connectivity index (χ3v) is 3.63. The Balaban J connectivity index is 1.87. The van der Waals surface area contributed by atoms with Gasteiger partial charge in [0.05, 0.1) is 12.1 Å². The summed E-state index contributed by atoms with van der Waals surface area (Å²) in [6.07, 6.45) is 4.60. The van der Waals surface area contributed by atoms with Crippen molar-refractivity contribution in [3.63, 3.8) is 0 Å². The molecule has 1 aromatic heterocycles. The highest BCUT2D eigenvalue weighted by Crippen LogP contribution is 2.26. The summed E-state index contributed by atoms with van der Waals surface area (Å²) in [5, 5.41) is 4.72. The third-order valence-electron chi connectivity index (χ3n) is 3.63. The largest absolute Gasteiger partial charge is 0.493 e. The molecular formula is C18H28N2O. The van der Waals surface area contributed by atoms with E-state index in [4.69, 9.17) is 4.74 Å². The molecule has 0 aliphatic carbocycles. The van der Waals surface area contributed by atoms with Crippen molar-refractivity contribution in [2.24, 2.45) is 5.92 Å². The highest BCUT2D eigenvalue weighted by atomic mass is 16.5. The molecule has 21 heavy (non-hydrogen) atoms. The molecule has 0 amide bonds. The van der Waals surface area contributed by atoms with Crippen molar-refractivity contribution in [2.45, 2.75) is 40.2 Å². The molecule has 2 aromatic rings. The maximum absolute atomic E-state index is 5.69. The van der Waals surface area contributed by atoms with Crippen molar-refractivity contribution in [1.29, 1.82) is 0 Å². The maximum Gasteiger partial charge on any atom is 0.128 e. The molecular weight excluding hydrogens is 260 g/mol. The van der Waals surface area contributed by atoms with E-state index in [1.807, 2.05) is 13.0 Å². The van der Waals surface area contributed by atoms with E-state index in [1.54, 1.807) is 0 Å². The quantitative estimate of drug-likeness (QED) is 0.704. The molecule has 3 nitrogen and oxygen atoms in total. The van der Waals surface area contributed by atoms with E-state index in [1.165, 1.54) is 23.7 Å². The minimum atomic E-state index is 0.714. The lowest BCUT2D eigenvalue weighted by Gasteiger charge is -2.09. The van der Waals surface area contributed by atoms with Gasteiger partial charge in [0.25, 0.3) is 0 Å². The normalized spacial score (nSPS) is 11.4. The average Bonchev–Trinajstić information content (AvgIpc) is 2.87. The van der Waals surface area contributed by atoms with Crippen LogP contribution in [-0.2, 0) is 6.54 Å². The smallest absolute Gasteiger partial charge is 0.128 e. The molecule has 0 bridgehead atoms. The van der Waals surface area contributed by atoms with Crippen LogP contribution in [0.4, 0.5) is 0 Å². The first kappa shape index (κ1) is 15.9. The van der Waals surface area contributed by atoms with E-state index in [0.717, 1.165) is 31.3 Å². The lowest BCUT2D eigenvalue weighted by atomic mass is 10.2. The minimum absolute atomic E-state index is 0.714. The van der Waals surface area contributed by atoms with E-state index in [-0.39, 0.29) is 0 Å². The molecule has 0 fully saturated rings. The van der Waals surface area contributed by atoms with E-state index in [2.05, 4.69) is 48.1 Å². The van der Waals surface area contributed by atoms with Crippen LogP contribution in [0.25, 0.3) is 10.9 Å². The van der Waals surface area contributed by atoms with Crippen LogP contribution in [-0.4, -0.2) is 24.3 Å². The molecule has 0 saturated heterocycles. The summed E-state index contributed by atoms with van der Waals surface area (Å²) < 4.78 is 8.02. The van der Waals surface area contributed by atoms with Crippen LogP contribution >= 0.6 is 0 Å². The Bertz CT molecular complexity index is 545. The van der Waals surface area contributed by atoms with Crippen LogP contribution in [0.5, 0.6) is 5.75 Å². The Morgan fingerprint density at radius 2 is 2.05 bits per heavy atom. The summed E-state index contributed by atoms with van der Waals surface area (Å²) in [6.45, 7) is 10.5. The van der Waals surface area contributed by atoms with Gasteiger partial charge >= 0.3 is 0 Å². The fourth-order valence-corrected chi connectivity index (χ4v) is 2.59. The molecule has 1 heterocycles. The second-order valence-electron chi connectivity index (χ2n) is 5.94. The summed E-state index contributed by atoms with van der Waals surface area (Å²) in [4.78, 5) is 0. The van der Waals surface area contributed by atoms with Crippen LogP contribution in [0.2, 0.25) is 0 Å². The Morgan fingerprint density at radius 1 is 1.19 bits per heavy atom. The van der Waals surface area contributed by atoms with Crippen molar-refractivity contribution in [3.05, 3.63) is 30.5 Å². The second-order valence-corrected chi connectivity index (χ2v) is 5.94. The van der Waals surface area contributed by atoms with Crippen molar-refractivity contribution < 1.29 is 4.74 Å². The number of fused-ring (bicyclic) bond motifs is 1. The van der Waals surface area contributed by atoms with Gasteiger partial charge in [-0.25, -0.2) is 0 Å². The number of hydrogen-bond acceptors (Lipinski definition) is 2. The minimum Gasteiger partial charge on any atom is -0.493 e. The molecule has 0 atom stereocenters. The fourth-order valence-electron chi connectivity index (χ4n) is 2.59. The molecule has 2 rings (SSSR count). The summed E-state index contributed by atoms with van der Waals surface area (Å²) in [7, 11) is 0. The topological polar surface area (TPSA) is 26.2 Å². The fraction of sp³-hybridized carbons (Fsp3) is 0.556. The predicted molar refractivity (Wildman–Crippen MR) is 90.0 cm³/mol. The van der Waals surface area contributed by atoms with Crippen molar-refractivity contribution in [2.75, 3.05) is 19.7 Å². The van der Waals surface area contributed by atoms with Gasteiger partial charge in [0, 0.05) is 18.1 Å². The van der Waals surface area contributed by atoms with Gasteiger partial charge in [-0.05, 0) is 57.0 Å². The maximum atomic E-state index is 5.69. The lowest BCUT2D eigenvalue weighted by molar-refractivity contribution is 0.344. The van der Waals surface area contributed by atoms with Crippen molar-refractivity contribution >= 4 is 10.9 Å². The molecule has 0 saturated carbocycles. The Labute approximate surface area is 128 Å². The van der Waals surface area contributed by atoms with E-state index in [9.17, 15) is 0 Å². The Morgan fingerprint density at radius 3 is 2.81 bits per heavy atom. The van der Waals surface area contributed by atoms with Crippen LogP contribution in [0, 0.1) is 5.92 Å². The number of unbranched alkanes of at least 4 members (excludes halogenated alkanes) is 1. The van der Waals surface area contributed by atoms with Crippen LogP contribution < -0.4 is 10.1 Å². The molecule has 116 valence electrons. The van der Waals surface area contributed by atoms with Gasteiger partial charge in [0.2, 0.25) is 0 Å². The van der Waals surface area contributed by atoms with Gasteiger partial charge < -0.3 is 14.6 Å².